The van der Waals surface area contributed by atoms with Gasteiger partial charge in [0.05, 0.1) is 12.8 Å². The Kier molecular flexibility index (Phi) is 6.30. The number of furan rings is 1. The SMILES string of the molecule is O=C(CN1CCN(C(=O)c2ccco2)CC1)N1CCC(Cc2ccccc2)CC1. The molecule has 2 saturated heterocycles. The first-order valence-corrected chi connectivity index (χ1v) is 10.6. The van der Waals surface area contributed by atoms with Crippen LogP contribution in [0.5, 0.6) is 0 Å². The zero-order chi connectivity index (χ0) is 20.1. The number of piperidine rings is 1. The number of rotatable bonds is 5. The number of hydrogen-bond acceptors (Lipinski definition) is 4. The molecule has 6 nitrogen and oxygen atoms in total. The lowest BCUT2D eigenvalue weighted by Crippen LogP contribution is -2.52. The maximum Gasteiger partial charge on any atom is 0.289 e. The monoisotopic (exact) mass is 395 g/mol. The Balaban J connectivity index is 1.18. The van der Waals surface area contributed by atoms with Crippen LogP contribution in [-0.4, -0.2) is 72.3 Å². The summed E-state index contributed by atoms with van der Waals surface area (Å²) in [4.78, 5) is 31.0. The average Bonchev–Trinajstić information content (AvgIpc) is 3.30. The van der Waals surface area contributed by atoms with Crippen LogP contribution in [0.1, 0.15) is 29.0 Å². The van der Waals surface area contributed by atoms with Crippen LogP contribution < -0.4 is 0 Å². The average molecular weight is 396 g/mol. The first-order chi connectivity index (χ1) is 14.2. The van der Waals surface area contributed by atoms with Crippen LogP contribution in [0.25, 0.3) is 0 Å². The highest BCUT2D eigenvalue weighted by Gasteiger charge is 2.27. The van der Waals surface area contributed by atoms with Crippen LogP contribution >= 0.6 is 0 Å². The largest absolute Gasteiger partial charge is 0.459 e. The molecule has 0 aliphatic carbocycles. The molecule has 0 N–H and O–H groups in total. The molecule has 1 aromatic heterocycles. The van der Waals surface area contributed by atoms with Crippen molar-refractivity contribution in [2.45, 2.75) is 19.3 Å². The molecule has 0 saturated carbocycles. The number of piperazine rings is 1. The first-order valence-electron chi connectivity index (χ1n) is 10.6. The molecule has 1 aromatic carbocycles. The van der Waals surface area contributed by atoms with Crippen LogP contribution in [0, 0.1) is 5.92 Å². The number of amides is 2. The van der Waals surface area contributed by atoms with Gasteiger partial charge < -0.3 is 14.2 Å². The topological polar surface area (TPSA) is 57.0 Å². The highest BCUT2D eigenvalue weighted by molar-refractivity contribution is 5.91. The van der Waals surface area contributed by atoms with Gasteiger partial charge in [-0.1, -0.05) is 30.3 Å². The number of benzene rings is 1. The maximum atomic E-state index is 12.7. The minimum Gasteiger partial charge on any atom is -0.459 e. The fraction of sp³-hybridized carbons (Fsp3) is 0.478. The summed E-state index contributed by atoms with van der Waals surface area (Å²) < 4.78 is 5.20. The summed E-state index contributed by atoms with van der Waals surface area (Å²) in [5, 5.41) is 0. The molecule has 0 bridgehead atoms. The Hall–Kier alpha value is -2.60. The molecule has 154 valence electrons. The summed E-state index contributed by atoms with van der Waals surface area (Å²) in [6.45, 7) is 4.87. The second-order valence-electron chi connectivity index (χ2n) is 8.06. The van der Waals surface area contributed by atoms with Gasteiger partial charge in [0, 0.05) is 39.3 Å². The van der Waals surface area contributed by atoms with E-state index < -0.39 is 0 Å². The summed E-state index contributed by atoms with van der Waals surface area (Å²) in [6, 6.07) is 14.0. The van der Waals surface area contributed by atoms with E-state index in [0.29, 0.717) is 31.3 Å². The fourth-order valence-electron chi connectivity index (χ4n) is 4.29. The van der Waals surface area contributed by atoms with E-state index in [1.165, 1.54) is 11.8 Å². The Morgan fingerprint density at radius 2 is 1.59 bits per heavy atom. The van der Waals surface area contributed by atoms with Gasteiger partial charge in [-0.25, -0.2) is 0 Å². The normalized spacial score (nSPS) is 18.8. The van der Waals surface area contributed by atoms with Crippen molar-refractivity contribution in [3.8, 4) is 0 Å². The minimum atomic E-state index is -0.0681. The van der Waals surface area contributed by atoms with Crippen LogP contribution in [-0.2, 0) is 11.2 Å². The number of hydrogen-bond donors (Lipinski definition) is 0. The van der Waals surface area contributed by atoms with Gasteiger partial charge in [0.2, 0.25) is 5.91 Å². The molecular weight excluding hydrogens is 366 g/mol. The Labute approximate surface area is 172 Å². The zero-order valence-corrected chi connectivity index (χ0v) is 16.8. The molecule has 0 unspecified atom stereocenters. The van der Waals surface area contributed by atoms with E-state index >= 15 is 0 Å². The van der Waals surface area contributed by atoms with E-state index in [4.69, 9.17) is 4.42 Å². The summed E-state index contributed by atoms with van der Waals surface area (Å²) >= 11 is 0. The van der Waals surface area contributed by atoms with E-state index in [1.807, 2.05) is 4.90 Å². The molecule has 2 amide bonds. The Bertz CT molecular complexity index is 790. The number of carbonyl (C=O) groups excluding carboxylic acids is 2. The predicted molar refractivity (Wildman–Crippen MR) is 111 cm³/mol. The summed E-state index contributed by atoms with van der Waals surface area (Å²) in [5.41, 5.74) is 1.39. The van der Waals surface area contributed by atoms with Crippen molar-refractivity contribution in [1.82, 2.24) is 14.7 Å². The fourth-order valence-corrected chi connectivity index (χ4v) is 4.29. The third kappa shape index (κ3) is 5.07. The van der Waals surface area contributed by atoms with Crippen molar-refractivity contribution >= 4 is 11.8 Å². The van der Waals surface area contributed by atoms with Gasteiger partial charge in [0.25, 0.3) is 5.91 Å². The quantitative estimate of drug-likeness (QED) is 0.781. The summed E-state index contributed by atoms with van der Waals surface area (Å²) in [7, 11) is 0. The number of likely N-dealkylation sites (tertiary alicyclic amines) is 1. The zero-order valence-electron chi connectivity index (χ0n) is 16.8. The van der Waals surface area contributed by atoms with Crippen molar-refractivity contribution in [2.75, 3.05) is 45.8 Å². The third-order valence-electron chi connectivity index (χ3n) is 6.08. The van der Waals surface area contributed by atoms with Gasteiger partial charge in [0.15, 0.2) is 5.76 Å². The van der Waals surface area contributed by atoms with Gasteiger partial charge in [-0.15, -0.1) is 0 Å². The predicted octanol–water partition coefficient (Wildman–Crippen LogP) is 2.52. The molecule has 2 aliphatic heterocycles. The number of carbonyl (C=O) groups is 2. The van der Waals surface area contributed by atoms with Crippen molar-refractivity contribution < 1.29 is 14.0 Å². The van der Waals surface area contributed by atoms with Gasteiger partial charge >= 0.3 is 0 Å². The number of nitrogens with zero attached hydrogens (tertiary/aromatic N) is 3. The van der Waals surface area contributed by atoms with E-state index in [-0.39, 0.29) is 11.8 Å². The van der Waals surface area contributed by atoms with Crippen LogP contribution in [0.4, 0.5) is 0 Å². The Morgan fingerprint density at radius 3 is 2.24 bits per heavy atom. The molecule has 6 heteroatoms. The van der Waals surface area contributed by atoms with Crippen molar-refractivity contribution in [2.24, 2.45) is 5.92 Å². The Morgan fingerprint density at radius 1 is 0.862 bits per heavy atom. The molecule has 2 fully saturated rings. The van der Waals surface area contributed by atoms with Gasteiger partial charge in [-0.3, -0.25) is 14.5 Å². The highest BCUT2D eigenvalue weighted by atomic mass is 16.3. The molecular formula is C23H29N3O3. The van der Waals surface area contributed by atoms with E-state index in [0.717, 1.165) is 45.4 Å². The lowest BCUT2D eigenvalue weighted by Gasteiger charge is -2.37. The van der Waals surface area contributed by atoms with Gasteiger partial charge in [-0.05, 0) is 42.9 Å². The third-order valence-corrected chi connectivity index (χ3v) is 6.08. The highest BCUT2D eigenvalue weighted by Crippen LogP contribution is 2.22. The van der Waals surface area contributed by atoms with Crippen LogP contribution in [0.3, 0.4) is 0 Å². The molecule has 0 spiro atoms. The molecule has 2 aliphatic rings. The molecule has 4 rings (SSSR count). The van der Waals surface area contributed by atoms with Crippen molar-refractivity contribution in [3.05, 3.63) is 60.1 Å². The lowest BCUT2D eigenvalue weighted by atomic mass is 9.90. The summed E-state index contributed by atoms with van der Waals surface area (Å²) in [5.74, 6) is 1.20. The molecule has 2 aromatic rings. The van der Waals surface area contributed by atoms with Crippen molar-refractivity contribution in [1.29, 1.82) is 0 Å². The maximum absolute atomic E-state index is 12.7. The first kappa shape index (κ1) is 19.7. The van der Waals surface area contributed by atoms with E-state index in [9.17, 15) is 9.59 Å². The van der Waals surface area contributed by atoms with Crippen LogP contribution in [0.15, 0.2) is 53.1 Å². The second-order valence-corrected chi connectivity index (χ2v) is 8.06. The second kappa shape index (κ2) is 9.27. The van der Waals surface area contributed by atoms with Crippen LogP contribution in [0.2, 0.25) is 0 Å². The van der Waals surface area contributed by atoms with Gasteiger partial charge in [-0.2, -0.15) is 0 Å². The standard InChI is InChI=1S/C23H29N3O3/c27-22(25-10-8-20(9-11-25)17-19-5-2-1-3-6-19)18-24-12-14-26(15-13-24)23(28)21-7-4-16-29-21/h1-7,16,20H,8-15,17-18H2. The molecule has 29 heavy (non-hydrogen) atoms. The smallest absolute Gasteiger partial charge is 0.289 e. The van der Waals surface area contributed by atoms with E-state index in [2.05, 4.69) is 35.2 Å². The molecule has 0 radical (unpaired) electrons. The lowest BCUT2D eigenvalue weighted by molar-refractivity contribution is -0.134. The minimum absolute atomic E-state index is 0.0681. The van der Waals surface area contributed by atoms with Gasteiger partial charge in [0.1, 0.15) is 0 Å². The van der Waals surface area contributed by atoms with Crippen molar-refractivity contribution in [3.63, 3.8) is 0 Å². The van der Waals surface area contributed by atoms with E-state index in [1.54, 1.807) is 17.0 Å². The molecule has 3 heterocycles. The summed E-state index contributed by atoms with van der Waals surface area (Å²) in [6.07, 6.45) is 4.78. The molecule has 0 atom stereocenters.